The van der Waals surface area contributed by atoms with Gasteiger partial charge in [0.25, 0.3) is 0 Å². The van der Waals surface area contributed by atoms with Gasteiger partial charge in [0.05, 0.1) is 19.8 Å². The molecule has 7 heteroatoms. The van der Waals surface area contributed by atoms with E-state index in [0.29, 0.717) is 18.7 Å². The molecule has 1 saturated carbocycles. The first-order chi connectivity index (χ1) is 14.2. The normalized spacial score (nSPS) is 20.3. The number of guanidine groups is 1. The van der Waals surface area contributed by atoms with E-state index in [-0.39, 0.29) is 0 Å². The molecule has 1 atom stereocenters. The van der Waals surface area contributed by atoms with Crippen LogP contribution >= 0.6 is 0 Å². The highest BCUT2D eigenvalue weighted by atomic mass is 16.5. The molecule has 1 saturated heterocycles. The Morgan fingerprint density at radius 1 is 1.24 bits per heavy atom. The average molecular weight is 404 g/mol. The van der Waals surface area contributed by atoms with Crippen LogP contribution in [0, 0.1) is 0 Å². The van der Waals surface area contributed by atoms with Crippen molar-refractivity contribution in [2.24, 2.45) is 4.99 Å². The summed E-state index contributed by atoms with van der Waals surface area (Å²) in [4.78, 5) is 11.7. The van der Waals surface area contributed by atoms with E-state index in [2.05, 4.69) is 40.4 Å². The molecule has 1 aromatic heterocycles. The fourth-order valence-electron chi connectivity index (χ4n) is 3.83. The van der Waals surface area contributed by atoms with Crippen molar-refractivity contribution < 1.29 is 9.47 Å². The first kappa shape index (κ1) is 21.8. The third-order valence-electron chi connectivity index (χ3n) is 5.64. The highest BCUT2D eigenvalue weighted by Gasteiger charge is 2.17. The van der Waals surface area contributed by atoms with E-state index in [4.69, 9.17) is 14.5 Å². The lowest BCUT2D eigenvalue weighted by atomic mass is 9.98. The van der Waals surface area contributed by atoms with Crippen LogP contribution < -0.4 is 15.4 Å². The molecule has 0 amide bonds. The Kier molecular flexibility index (Phi) is 9.02. The van der Waals surface area contributed by atoms with E-state index in [9.17, 15) is 0 Å². The topological polar surface area (TPSA) is 71.0 Å². The number of pyridine rings is 1. The molecule has 0 aromatic carbocycles. The lowest BCUT2D eigenvalue weighted by Crippen LogP contribution is -2.49. The molecule has 2 N–H and O–H groups in total. The quantitative estimate of drug-likeness (QED) is 0.514. The van der Waals surface area contributed by atoms with Gasteiger partial charge in [-0.15, -0.1) is 0 Å². The number of aromatic nitrogens is 1. The van der Waals surface area contributed by atoms with Gasteiger partial charge in [-0.1, -0.05) is 12.5 Å². The lowest BCUT2D eigenvalue weighted by molar-refractivity contribution is 0.0211. The Balaban J connectivity index is 1.47. The molecule has 1 aromatic rings. The van der Waals surface area contributed by atoms with Gasteiger partial charge in [0, 0.05) is 44.5 Å². The maximum Gasteiger partial charge on any atom is 0.213 e. The van der Waals surface area contributed by atoms with Crippen LogP contribution in [0.15, 0.2) is 23.3 Å². The molecule has 0 radical (unpaired) electrons. The number of morpholine rings is 1. The molecular weight excluding hydrogens is 366 g/mol. The Bertz CT molecular complexity index is 610. The Morgan fingerprint density at radius 2 is 2.03 bits per heavy atom. The van der Waals surface area contributed by atoms with Crippen LogP contribution in [0.5, 0.6) is 5.88 Å². The van der Waals surface area contributed by atoms with Crippen LogP contribution in [-0.2, 0) is 11.3 Å². The summed E-state index contributed by atoms with van der Waals surface area (Å²) in [5.74, 6) is 1.57. The van der Waals surface area contributed by atoms with Crippen molar-refractivity contribution in [2.45, 2.75) is 64.6 Å². The van der Waals surface area contributed by atoms with E-state index in [1.807, 2.05) is 12.3 Å². The van der Waals surface area contributed by atoms with E-state index < -0.39 is 0 Å². The molecule has 1 unspecified atom stereocenters. The average Bonchev–Trinajstić information content (AvgIpc) is 2.78. The molecule has 1 aliphatic heterocycles. The van der Waals surface area contributed by atoms with Crippen LogP contribution in [0.25, 0.3) is 0 Å². The largest absolute Gasteiger partial charge is 0.474 e. The zero-order chi connectivity index (χ0) is 20.3. The van der Waals surface area contributed by atoms with Gasteiger partial charge in [-0.3, -0.25) is 4.90 Å². The maximum absolute atomic E-state index is 6.01. The molecular formula is C22H37N5O2. The summed E-state index contributed by atoms with van der Waals surface area (Å²) >= 11 is 0. The van der Waals surface area contributed by atoms with Gasteiger partial charge in [-0.25, -0.2) is 9.98 Å². The van der Waals surface area contributed by atoms with E-state index in [1.165, 1.54) is 19.3 Å². The minimum atomic E-state index is 0.332. The first-order valence-electron chi connectivity index (χ1n) is 11.2. The Hall–Kier alpha value is -1.86. The number of ether oxygens (including phenoxy) is 2. The molecule has 0 bridgehead atoms. The predicted molar refractivity (Wildman–Crippen MR) is 116 cm³/mol. The zero-order valence-corrected chi connectivity index (χ0v) is 18.0. The minimum Gasteiger partial charge on any atom is -0.474 e. The number of nitrogens with zero attached hydrogens (tertiary/aromatic N) is 3. The second-order valence-corrected chi connectivity index (χ2v) is 7.96. The van der Waals surface area contributed by atoms with Crippen molar-refractivity contribution in [1.29, 1.82) is 0 Å². The molecule has 29 heavy (non-hydrogen) atoms. The molecule has 1 aliphatic carbocycles. The van der Waals surface area contributed by atoms with E-state index >= 15 is 0 Å². The molecule has 162 valence electrons. The Morgan fingerprint density at radius 3 is 2.72 bits per heavy atom. The number of rotatable bonds is 8. The third kappa shape index (κ3) is 7.48. The third-order valence-corrected chi connectivity index (χ3v) is 5.64. The van der Waals surface area contributed by atoms with Crippen molar-refractivity contribution in [1.82, 2.24) is 20.5 Å². The van der Waals surface area contributed by atoms with Crippen LogP contribution in [0.2, 0.25) is 0 Å². The summed E-state index contributed by atoms with van der Waals surface area (Å²) in [6, 6.07) is 4.48. The predicted octanol–water partition coefficient (Wildman–Crippen LogP) is 2.57. The minimum absolute atomic E-state index is 0.332. The zero-order valence-electron chi connectivity index (χ0n) is 18.0. The van der Waals surface area contributed by atoms with Crippen molar-refractivity contribution in [3.05, 3.63) is 23.9 Å². The number of hydrogen-bond acceptors (Lipinski definition) is 5. The van der Waals surface area contributed by atoms with Gasteiger partial charge in [-0.2, -0.15) is 0 Å². The summed E-state index contributed by atoms with van der Waals surface area (Å²) in [7, 11) is 0. The maximum atomic E-state index is 6.01. The van der Waals surface area contributed by atoms with E-state index in [0.717, 1.165) is 69.6 Å². The van der Waals surface area contributed by atoms with Gasteiger partial charge < -0.3 is 20.1 Å². The molecule has 2 heterocycles. The van der Waals surface area contributed by atoms with Gasteiger partial charge in [0.2, 0.25) is 5.88 Å². The number of hydrogen-bond donors (Lipinski definition) is 2. The second-order valence-electron chi connectivity index (χ2n) is 7.96. The van der Waals surface area contributed by atoms with Crippen LogP contribution in [-0.4, -0.2) is 67.4 Å². The van der Waals surface area contributed by atoms with Crippen molar-refractivity contribution >= 4 is 5.96 Å². The number of nitrogens with one attached hydrogen (secondary N) is 2. The highest BCUT2D eigenvalue weighted by molar-refractivity contribution is 5.79. The van der Waals surface area contributed by atoms with Crippen molar-refractivity contribution in [3.8, 4) is 5.88 Å². The molecule has 7 nitrogen and oxygen atoms in total. The molecule has 0 spiro atoms. The Labute approximate surface area is 175 Å². The van der Waals surface area contributed by atoms with Gasteiger partial charge in [0.15, 0.2) is 5.96 Å². The fourth-order valence-corrected chi connectivity index (χ4v) is 3.83. The summed E-state index contributed by atoms with van der Waals surface area (Å²) < 4.78 is 11.5. The van der Waals surface area contributed by atoms with Crippen molar-refractivity contribution in [3.63, 3.8) is 0 Å². The summed E-state index contributed by atoms with van der Waals surface area (Å²) in [6.07, 6.45) is 8.36. The fraction of sp³-hybridized carbons (Fsp3) is 0.727. The van der Waals surface area contributed by atoms with E-state index in [1.54, 1.807) is 0 Å². The summed E-state index contributed by atoms with van der Waals surface area (Å²) in [6.45, 7) is 10.3. The first-order valence-corrected chi connectivity index (χ1v) is 11.2. The van der Waals surface area contributed by atoms with Crippen LogP contribution in [0.4, 0.5) is 0 Å². The monoisotopic (exact) mass is 403 g/mol. The van der Waals surface area contributed by atoms with Crippen LogP contribution in [0.1, 0.15) is 51.5 Å². The van der Waals surface area contributed by atoms with Gasteiger partial charge >= 0.3 is 0 Å². The second kappa shape index (κ2) is 12.0. The standard InChI is InChI=1S/C22H37N5O2/c1-3-23-22(25-15-18(2)27-11-13-28-14-12-27)26-17-19-9-10-21(24-16-19)29-20-7-5-4-6-8-20/h9-10,16,18,20H,3-8,11-15,17H2,1-2H3,(H2,23,25,26). The molecule has 2 fully saturated rings. The summed E-state index contributed by atoms with van der Waals surface area (Å²) in [5, 5.41) is 6.79. The van der Waals surface area contributed by atoms with Gasteiger partial charge in [0.1, 0.15) is 6.10 Å². The van der Waals surface area contributed by atoms with Gasteiger partial charge in [-0.05, 0) is 45.1 Å². The highest BCUT2D eigenvalue weighted by Crippen LogP contribution is 2.22. The smallest absolute Gasteiger partial charge is 0.213 e. The van der Waals surface area contributed by atoms with Crippen LogP contribution in [0.3, 0.4) is 0 Å². The number of aliphatic imine (C=N–C) groups is 1. The van der Waals surface area contributed by atoms with Crippen molar-refractivity contribution in [2.75, 3.05) is 39.4 Å². The molecule has 3 rings (SSSR count). The molecule has 2 aliphatic rings. The summed E-state index contributed by atoms with van der Waals surface area (Å²) in [5.41, 5.74) is 1.08. The SMILES string of the molecule is CCNC(=NCc1ccc(OC2CCCCC2)nc1)NCC(C)N1CCOCC1. The lowest BCUT2D eigenvalue weighted by Gasteiger charge is -2.32.